The Hall–Kier alpha value is -0.900. The van der Waals surface area contributed by atoms with Crippen molar-refractivity contribution in [3.05, 3.63) is 30.1 Å². The second-order valence-electron chi connectivity index (χ2n) is 5.52. The molecule has 0 aliphatic carbocycles. The Morgan fingerprint density at radius 3 is 2.19 bits per heavy atom. The number of carbonyl (C=O) groups excluding carboxylic acids is 1. The molecule has 0 aromatic carbocycles. The van der Waals surface area contributed by atoms with E-state index >= 15 is 0 Å². The van der Waals surface area contributed by atoms with Gasteiger partial charge in [-0.1, -0.05) is 51.9 Å². The Balaban J connectivity index is 0.00000400. The first-order valence-electron chi connectivity index (χ1n) is 8.03. The lowest BCUT2D eigenvalue weighted by atomic mass is 10.1. The van der Waals surface area contributed by atoms with E-state index in [0.29, 0.717) is 5.56 Å². The van der Waals surface area contributed by atoms with Crippen molar-refractivity contribution in [3.63, 3.8) is 0 Å². The molecule has 1 rings (SSSR count). The van der Waals surface area contributed by atoms with Crippen LogP contribution in [0.25, 0.3) is 0 Å². The number of amides is 1. The summed E-state index contributed by atoms with van der Waals surface area (Å²) < 4.78 is 2.06. The minimum atomic E-state index is -0.355. The number of rotatable bonds is 11. The number of nitrogens with zero attached hydrogens (tertiary/aromatic N) is 1. The zero-order valence-electron chi connectivity index (χ0n) is 13.2. The molecule has 4 heteroatoms. The van der Waals surface area contributed by atoms with Crippen molar-refractivity contribution in [3.8, 4) is 0 Å². The lowest BCUT2D eigenvalue weighted by Gasteiger charge is -2.01. The van der Waals surface area contributed by atoms with Crippen molar-refractivity contribution in [1.29, 1.82) is 0 Å². The van der Waals surface area contributed by atoms with E-state index in [1.807, 2.05) is 18.5 Å². The van der Waals surface area contributed by atoms with E-state index in [9.17, 15) is 4.79 Å². The average Bonchev–Trinajstić information content (AvgIpc) is 2.46. The van der Waals surface area contributed by atoms with E-state index in [1.165, 1.54) is 57.8 Å². The number of pyridine rings is 1. The van der Waals surface area contributed by atoms with Gasteiger partial charge in [0.15, 0.2) is 12.4 Å². The molecule has 2 N–H and O–H groups in total. The number of unbranched alkanes of at least 4 members (excludes halogenated alkanes) is 8. The molecule has 0 saturated heterocycles. The highest BCUT2D eigenvalue weighted by Gasteiger charge is 2.06. The highest BCUT2D eigenvalue weighted by Crippen LogP contribution is 2.09. The predicted molar refractivity (Wildman–Crippen MR) is 82.4 cm³/mol. The van der Waals surface area contributed by atoms with Gasteiger partial charge < -0.3 is 22.7 Å². The molecule has 1 heterocycles. The zero-order chi connectivity index (χ0) is 14.6. The van der Waals surface area contributed by atoms with Gasteiger partial charge in [-0.15, -0.1) is 0 Å². The number of nitrogens with two attached hydrogens (primary N) is 1. The number of hydrogen-bond acceptors (Lipinski definition) is 1. The van der Waals surface area contributed by atoms with Crippen molar-refractivity contribution in [1.82, 2.24) is 0 Å². The molecule has 0 unspecified atom stereocenters. The summed E-state index contributed by atoms with van der Waals surface area (Å²) in [7, 11) is 0. The van der Waals surface area contributed by atoms with Crippen molar-refractivity contribution < 1.29 is 26.3 Å². The van der Waals surface area contributed by atoms with Gasteiger partial charge >= 0.3 is 0 Å². The van der Waals surface area contributed by atoms with Crippen LogP contribution in [0.1, 0.15) is 75.1 Å². The van der Waals surface area contributed by atoms with Crippen molar-refractivity contribution in [2.24, 2.45) is 5.73 Å². The molecule has 1 aromatic heterocycles. The van der Waals surface area contributed by atoms with Gasteiger partial charge in [-0.3, -0.25) is 4.79 Å². The van der Waals surface area contributed by atoms with E-state index in [4.69, 9.17) is 5.73 Å². The fourth-order valence-corrected chi connectivity index (χ4v) is 2.41. The van der Waals surface area contributed by atoms with Crippen LogP contribution in [0.2, 0.25) is 0 Å². The topological polar surface area (TPSA) is 47.0 Å². The van der Waals surface area contributed by atoms with Crippen LogP contribution in [0, 0.1) is 0 Å². The highest BCUT2D eigenvalue weighted by atomic mass is 79.9. The highest BCUT2D eigenvalue weighted by molar-refractivity contribution is 5.92. The van der Waals surface area contributed by atoms with Gasteiger partial charge in [0, 0.05) is 12.5 Å². The molecule has 3 nitrogen and oxygen atoms in total. The van der Waals surface area contributed by atoms with Crippen molar-refractivity contribution >= 4 is 5.91 Å². The van der Waals surface area contributed by atoms with Gasteiger partial charge in [-0.2, -0.15) is 0 Å². The summed E-state index contributed by atoms with van der Waals surface area (Å²) in [5.74, 6) is -0.355. The van der Waals surface area contributed by atoms with E-state index in [0.717, 1.165) is 6.54 Å². The van der Waals surface area contributed by atoms with Gasteiger partial charge in [-0.05, 0) is 12.5 Å². The Morgan fingerprint density at radius 1 is 1.05 bits per heavy atom. The minimum Gasteiger partial charge on any atom is -1.00 e. The molecular formula is C17H29BrN2O. The third-order valence-corrected chi connectivity index (χ3v) is 3.66. The maximum absolute atomic E-state index is 11.1. The number of aryl methyl sites for hydroxylation is 1. The first-order chi connectivity index (χ1) is 9.74. The summed E-state index contributed by atoms with van der Waals surface area (Å²) in [6, 6.07) is 3.64. The maximum Gasteiger partial charge on any atom is 0.254 e. The van der Waals surface area contributed by atoms with Crippen LogP contribution in [0.4, 0.5) is 0 Å². The molecule has 1 aromatic rings. The van der Waals surface area contributed by atoms with Gasteiger partial charge in [0.1, 0.15) is 12.1 Å². The summed E-state index contributed by atoms with van der Waals surface area (Å²) in [6.07, 6.45) is 15.8. The number of primary amides is 1. The normalized spacial score (nSPS) is 10.1. The van der Waals surface area contributed by atoms with Gasteiger partial charge in [0.05, 0.1) is 0 Å². The van der Waals surface area contributed by atoms with Crippen LogP contribution in [-0.4, -0.2) is 5.91 Å². The molecule has 0 saturated carbocycles. The average molecular weight is 357 g/mol. The molecule has 21 heavy (non-hydrogen) atoms. The third-order valence-electron chi connectivity index (χ3n) is 3.66. The molecule has 0 fully saturated rings. The molecule has 0 aliphatic heterocycles. The summed E-state index contributed by atoms with van der Waals surface area (Å²) >= 11 is 0. The smallest absolute Gasteiger partial charge is 0.254 e. The Bertz CT molecular complexity index is 396. The molecule has 120 valence electrons. The fourth-order valence-electron chi connectivity index (χ4n) is 2.41. The lowest BCUT2D eigenvalue weighted by Crippen LogP contribution is -3.00. The second-order valence-corrected chi connectivity index (χ2v) is 5.52. The maximum atomic E-state index is 11.1. The van der Waals surface area contributed by atoms with Crippen molar-refractivity contribution in [2.75, 3.05) is 0 Å². The monoisotopic (exact) mass is 356 g/mol. The van der Waals surface area contributed by atoms with Crippen LogP contribution in [0.3, 0.4) is 0 Å². The Kier molecular flexibility index (Phi) is 12.3. The van der Waals surface area contributed by atoms with Crippen molar-refractivity contribution in [2.45, 2.75) is 71.3 Å². The second kappa shape index (κ2) is 12.8. The zero-order valence-corrected chi connectivity index (χ0v) is 14.8. The third kappa shape index (κ3) is 9.62. The van der Waals surface area contributed by atoms with E-state index in [2.05, 4.69) is 11.5 Å². The Labute approximate surface area is 139 Å². The van der Waals surface area contributed by atoms with Crippen LogP contribution in [-0.2, 0) is 6.54 Å². The quantitative estimate of drug-likeness (QED) is 0.458. The number of aromatic nitrogens is 1. The number of hydrogen-bond donors (Lipinski definition) is 1. The minimum absolute atomic E-state index is 0. The van der Waals surface area contributed by atoms with E-state index in [-0.39, 0.29) is 22.9 Å². The largest absolute Gasteiger partial charge is 1.00 e. The van der Waals surface area contributed by atoms with E-state index in [1.54, 1.807) is 6.07 Å². The SMILES string of the molecule is CCCCCCCCCCC[n+]1cccc(C(N)=O)c1.[Br-]. The first-order valence-corrected chi connectivity index (χ1v) is 8.03. The van der Waals surface area contributed by atoms with Crippen LogP contribution in [0.5, 0.6) is 0 Å². The van der Waals surface area contributed by atoms with Crippen LogP contribution < -0.4 is 27.3 Å². The van der Waals surface area contributed by atoms with Gasteiger partial charge in [-0.25, -0.2) is 4.57 Å². The summed E-state index contributed by atoms with van der Waals surface area (Å²) in [6.45, 7) is 3.22. The molecule has 0 spiro atoms. The molecule has 0 atom stereocenters. The summed E-state index contributed by atoms with van der Waals surface area (Å²) in [4.78, 5) is 11.1. The van der Waals surface area contributed by atoms with Gasteiger partial charge in [0.25, 0.3) is 5.91 Å². The predicted octanol–water partition coefficient (Wildman–Crippen LogP) is 0.608. The van der Waals surface area contributed by atoms with E-state index < -0.39 is 0 Å². The van der Waals surface area contributed by atoms with Crippen LogP contribution in [0.15, 0.2) is 24.5 Å². The molecule has 0 bridgehead atoms. The molecule has 0 aliphatic rings. The van der Waals surface area contributed by atoms with Crippen LogP contribution >= 0.6 is 0 Å². The molecular weight excluding hydrogens is 328 g/mol. The number of halogens is 1. The number of carbonyl (C=O) groups is 1. The molecule has 0 radical (unpaired) electrons. The fraction of sp³-hybridized carbons (Fsp3) is 0.647. The summed E-state index contributed by atoms with van der Waals surface area (Å²) in [5, 5.41) is 0. The van der Waals surface area contributed by atoms with Gasteiger partial charge in [0.2, 0.25) is 0 Å². The lowest BCUT2D eigenvalue weighted by molar-refractivity contribution is -0.697. The first kappa shape index (κ1) is 20.1. The Morgan fingerprint density at radius 2 is 1.62 bits per heavy atom. The summed E-state index contributed by atoms with van der Waals surface area (Å²) in [5.41, 5.74) is 5.86. The standard InChI is InChI=1S/C17H28N2O.BrH/c1-2-3-4-5-6-7-8-9-10-13-19-14-11-12-16(15-19)17(18)20;/h11-12,14-15H,2-10,13H2,1H3,(H-,18,20);1H. The molecule has 1 amide bonds.